The largest absolute Gasteiger partial charge is 0.488 e. The molecular formula is C30H22N2O6. The van der Waals surface area contributed by atoms with E-state index in [4.69, 9.17) is 9.84 Å². The molecule has 2 N–H and O–H groups in total. The zero-order valence-electron chi connectivity index (χ0n) is 20.3. The molecule has 4 aromatic carbocycles. The number of rotatable bonds is 6. The van der Waals surface area contributed by atoms with E-state index in [2.05, 4.69) is 5.32 Å². The van der Waals surface area contributed by atoms with Gasteiger partial charge in [-0.05, 0) is 59.7 Å². The number of amides is 4. The highest BCUT2D eigenvalue weighted by Crippen LogP contribution is 2.32. The predicted octanol–water partition coefficient (Wildman–Crippen LogP) is 5.09. The van der Waals surface area contributed by atoms with Crippen molar-refractivity contribution in [2.75, 3.05) is 4.90 Å². The Kier molecular flexibility index (Phi) is 6.45. The lowest BCUT2D eigenvalue weighted by atomic mass is 9.99. The molecule has 1 saturated heterocycles. The Bertz CT molecular complexity index is 1620. The molecule has 1 fully saturated rings. The van der Waals surface area contributed by atoms with Crippen LogP contribution in [-0.2, 0) is 16.2 Å². The van der Waals surface area contributed by atoms with Crippen molar-refractivity contribution in [2.45, 2.75) is 13.5 Å². The van der Waals surface area contributed by atoms with E-state index < -0.39 is 23.8 Å². The molecule has 8 nitrogen and oxygen atoms in total. The van der Waals surface area contributed by atoms with Crippen LogP contribution in [0.15, 0.2) is 90.5 Å². The van der Waals surface area contributed by atoms with Crippen LogP contribution in [0.1, 0.15) is 27.0 Å². The first kappa shape index (κ1) is 24.5. The highest BCUT2D eigenvalue weighted by atomic mass is 16.5. The van der Waals surface area contributed by atoms with Gasteiger partial charge in [-0.2, -0.15) is 0 Å². The first-order valence-corrected chi connectivity index (χ1v) is 11.8. The van der Waals surface area contributed by atoms with Crippen molar-refractivity contribution in [3.63, 3.8) is 0 Å². The second-order valence-electron chi connectivity index (χ2n) is 8.78. The van der Waals surface area contributed by atoms with Crippen molar-refractivity contribution in [3.05, 3.63) is 113 Å². The van der Waals surface area contributed by atoms with Gasteiger partial charge in [-0.15, -0.1) is 0 Å². The number of carboxylic acid groups (broad SMARTS) is 1. The average Bonchev–Trinajstić information content (AvgIpc) is 2.91. The minimum Gasteiger partial charge on any atom is -0.488 e. The van der Waals surface area contributed by atoms with Crippen LogP contribution in [0.3, 0.4) is 0 Å². The fourth-order valence-electron chi connectivity index (χ4n) is 4.19. The van der Waals surface area contributed by atoms with Crippen molar-refractivity contribution < 1.29 is 29.0 Å². The minimum absolute atomic E-state index is 0.00317. The number of benzene rings is 4. The zero-order valence-corrected chi connectivity index (χ0v) is 20.3. The molecule has 0 aromatic heterocycles. The number of aromatic carboxylic acids is 1. The quantitative estimate of drug-likeness (QED) is 0.278. The lowest BCUT2D eigenvalue weighted by molar-refractivity contribution is -0.122. The zero-order chi connectivity index (χ0) is 26.8. The number of barbiturate groups is 1. The number of aryl methyl sites for hydroxylation is 1. The number of carbonyl (C=O) groups excluding carboxylic acids is 3. The Hall–Kier alpha value is -5.24. The van der Waals surface area contributed by atoms with E-state index >= 15 is 0 Å². The standard InChI is InChI=1S/C30H22N2O6/c1-18-6-8-19(9-7-18)17-38-26-15-12-20-4-2-3-5-23(20)24(26)16-25-27(33)31-30(37)32(28(25)34)22-13-10-21(11-14-22)29(35)36/h2-16H,17H2,1H3,(H,35,36)(H,31,33,37)/b25-16+. The molecule has 0 atom stereocenters. The Morgan fingerprint density at radius 2 is 1.63 bits per heavy atom. The van der Waals surface area contributed by atoms with Gasteiger partial charge in [0.25, 0.3) is 11.8 Å². The van der Waals surface area contributed by atoms with Crippen molar-refractivity contribution in [1.29, 1.82) is 0 Å². The third-order valence-electron chi connectivity index (χ3n) is 6.21. The van der Waals surface area contributed by atoms with E-state index in [1.54, 1.807) is 6.07 Å². The highest BCUT2D eigenvalue weighted by molar-refractivity contribution is 6.39. The summed E-state index contributed by atoms with van der Waals surface area (Å²) in [5, 5.41) is 13.0. The van der Waals surface area contributed by atoms with Gasteiger partial charge in [0, 0.05) is 5.56 Å². The number of ether oxygens (including phenoxy) is 1. The number of carboxylic acids is 1. The molecule has 0 saturated carbocycles. The van der Waals surface area contributed by atoms with Crippen molar-refractivity contribution >= 4 is 46.4 Å². The van der Waals surface area contributed by atoms with Gasteiger partial charge in [-0.1, -0.05) is 60.2 Å². The summed E-state index contributed by atoms with van der Waals surface area (Å²) in [6, 6.07) is 23.4. The summed E-state index contributed by atoms with van der Waals surface area (Å²) in [6.07, 6.45) is 1.43. The number of fused-ring (bicyclic) bond motifs is 1. The molecule has 0 spiro atoms. The lowest BCUT2D eigenvalue weighted by Gasteiger charge is -2.26. The number of nitrogens with zero attached hydrogens (tertiary/aromatic N) is 1. The fourth-order valence-corrected chi connectivity index (χ4v) is 4.19. The summed E-state index contributed by atoms with van der Waals surface area (Å²) >= 11 is 0. The monoisotopic (exact) mass is 506 g/mol. The summed E-state index contributed by atoms with van der Waals surface area (Å²) in [7, 11) is 0. The van der Waals surface area contributed by atoms with Crippen LogP contribution in [0.4, 0.5) is 10.5 Å². The molecule has 188 valence electrons. The van der Waals surface area contributed by atoms with E-state index in [-0.39, 0.29) is 23.4 Å². The summed E-state index contributed by atoms with van der Waals surface area (Å²) in [5.41, 5.74) is 2.47. The Labute approximate surface area is 217 Å². The number of urea groups is 1. The van der Waals surface area contributed by atoms with E-state index in [0.717, 1.165) is 26.8 Å². The third kappa shape index (κ3) is 4.75. The van der Waals surface area contributed by atoms with Gasteiger partial charge in [0.1, 0.15) is 17.9 Å². The topological polar surface area (TPSA) is 113 Å². The molecule has 0 aliphatic carbocycles. The SMILES string of the molecule is Cc1ccc(COc2ccc3ccccc3c2/C=C2\C(=O)NC(=O)N(c3ccc(C(=O)O)cc3)C2=O)cc1. The second kappa shape index (κ2) is 10.0. The first-order chi connectivity index (χ1) is 18.3. The Balaban J connectivity index is 1.55. The first-order valence-electron chi connectivity index (χ1n) is 11.8. The Morgan fingerprint density at radius 3 is 2.34 bits per heavy atom. The van der Waals surface area contributed by atoms with Gasteiger partial charge in [0.15, 0.2) is 0 Å². The molecule has 1 aliphatic heterocycles. The maximum atomic E-state index is 13.4. The van der Waals surface area contributed by atoms with Gasteiger partial charge in [0.2, 0.25) is 0 Å². The molecule has 4 amide bonds. The van der Waals surface area contributed by atoms with Crippen LogP contribution in [0.2, 0.25) is 0 Å². The predicted molar refractivity (Wildman–Crippen MR) is 142 cm³/mol. The molecule has 1 aliphatic rings. The fraction of sp³-hybridized carbons (Fsp3) is 0.0667. The van der Waals surface area contributed by atoms with Crippen LogP contribution >= 0.6 is 0 Å². The van der Waals surface area contributed by atoms with Gasteiger partial charge < -0.3 is 9.84 Å². The molecule has 5 rings (SSSR count). The normalized spacial score (nSPS) is 14.6. The van der Waals surface area contributed by atoms with E-state index in [1.165, 1.54) is 30.3 Å². The maximum Gasteiger partial charge on any atom is 0.335 e. The third-order valence-corrected chi connectivity index (χ3v) is 6.21. The second-order valence-corrected chi connectivity index (χ2v) is 8.78. The number of carbonyl (C=O) groups is 4. The van der Waals surface area contributed by atoms with Gasteiger partial charge in [0.05, 0.1) is 11.3 Å². The summed E-state index contributed by atoms with van der Waals surface area (Å²) in [4.78, 5) is 50.9. The molecule has 0 radical (unpaired) electrons. The smallest absolute Gasteiger partial charge is 0.335 e. The van der Waals surface area contributed by atoms with E-state index in [0.29, 0.717) is 11.3 Å². The van der Waals surface area contributed by atoms with Gasteiger partial charge in [-0.3, -0.25) is 14.9 Å². The van der Waals surface area contributed by atoms with Crippen LogP contribution in [0.5, 0.6) is 5.75 Å². The average molecular weight is 507 g/mol. The minimum atomic E-state index is -1.14. The van der Waals surface area contributed by atoms with Crippen molar-refractivity contribution in [3.8, 4) is 5.75 Å². The van der Waals surface area contributed by atoms with Crippen LogP contribution in [0.25, 0.3) is 16.8 Å². The number of nitrogens with one attached hydrogen (secondary N) is 1. The summed E-state index contributed by atoms with van der Waals surface area (Å²) in [6.45, 7) is 2.27. The summed E-state index contributed by atoms with van der Waals surface area (Å²) < 4.78 is 6.13. The van der Waals surface area contributed by atoms with Crippen molar-refractivity contribution in [1.82, 2.24) is 5.32 Å². The van der Waals surface area contributed by atoms with Gasteiger partial charge in [-0.25, -0.2) is 14.5 Å². The highest BCUT2D eigenvalue weighted by Gasteiger charge is 2.37. The molecule has 0 bridgehead atoms. The van der Waals surface area contributed by atoms with Gasteiger partial charge >= 0.3 is 12.0 Å². The maximum absolute atomic E-state index is 13.4. The van der Waals surface area contributed by atoms with Crippen LogP contribution in [-0.4, -0.2) is 28.9 Å². The molecule has 4 aromatic rings. The molecule has 1 heterocycles. The van der Waals surface area contributed by atoms with Crippen LogP contribution in [0, 0.1) is 6.92 Å². The Morgan fingerprint density at radius 1 is 0.921 bits per heavy atom. The lowest BCUT2D eigenvalue weighted by Crippen LogP contribution is -2.54. The summed E-state index contributed by atoms with van der Waals surface area (Å²) in [5.74, 6) is -2.35. The van der Waals surface area contributed by atoms with E-state index in [9.17, 15) is 19.2 Å². The molecule has 8 heteroatoms. The van der Waals surface area contributed by atoms with Crippen molar-refractivity contribution in [2.24, 2.45) is 0 Å². The molecular weight excluding hydrogens is 484 g/mol. The molecule has 38 heavy (non-hydrogen) atoms. The number of imide groups is 2. The van der Waals surface area contributed by atoms with Crippen LogP contribution < -0.4 is 15.0 Å². The van der Waals surface area contributed by atoms with E-state index in [1.807, 2.05) is 61.5 Å². The number of anilines is 1. The number of hydrogen-bond acceptors (Lipinski definition) is 5. The number of hydrogen-bond donors (Lipinski definition) is 2. The molecule has 0 unspecified atom stereocenters.